The molecule has 0 unspecified atom stereocenters. The van der Waals surface area contributed by atoms with Gasteiger partial charge in [-0.15, -0.1) is 12.8 Å². The van der Waals surface area contributed by atoms with E-state index in [0.29, 0.717) is 0 Å². The van der Waals surface area contributed by atoms with Crippen molar-refractivity contribution in [3.05, 3.63) is 48.1 Å². The summed E-state index contributed by atoms with van der Waals surface area (Å²) in [6, 6.07) is 0. The van der Waals surface area contributed by atoms with Crippen molar-refractivity contribution < 1.29 is 26.2 Å². The van der Waals surface area contributed by atoms with E-state index in [9.17, 15) is 0 Å². The minimum Gasteiger partial charge on any atom is -0.273 e. The van der Waals surface area contributed by atoms with E-state index in [2.05, 4.69) is 37.3 Å². The summed E-state index contributed by atoms with van der Waals surface area (Å²) in [7, 11) is 0. The normalized spacial score (nSPS) is 15.4. The molecule has 2 rings (SSSR count). The number of hydrogen-bond acceptors (Lipinski definition) is 0. The Morgan fingerprint density at radius 1 is 1.19 bits per heavy atom. The van der Waals surface area contributed by atoms with Crippen LogP contribution in [0.15, 0.2) is 36.0 Å². The Balaban J connectivity index is 0.000000318. The van der Waals surface area contributed by atoms with Crippen molar-refractivity contribution in [2.24, 2.45) is 0 Å². The standard InChI is InChI=1S/C10H15.C5H5.Zr/c1-2-3-4-7-10-8-5-6-9-10;1-2-4-5-3-1;/h5,8H,2-4,6-7H2,1H3;1-3H,4H2;/q2*-1;+2. The van der Waals surface area contributed by atoms with Crippen LogP contribution in [-0.4, -0.2) is 0 Å². The molecule has 0 N–H and O–H groups in total. The predicted octanol–water partition coefficient (Wildman–Crippen LogP) is 4.56. The fourth-order valence-electron chi connectivity index (χ4n) is 1.53. The van der Waals surface area contributed by atoms with Gasteiger partial charge in [-0.1, -0.05) is 32.6 Å². The van der Waals surface area contributed by atoms with E-state index in [-0.39, 0.29) is 26.2 Å². The van der Waals surface area contributed by atoms with Gasteiger partial charge < -0.3 is 0 Å². The van der Waals surface area contributed by atoms with Gasteiger partial charge >= 0.3 is 26.2 Å². The summed E-state index contributed by atoms with van der Waals surface area (Å²) in [4.78, 5) is 0. The molecule has 0 nitrogen and oxygen atoms in total. The van der Waals surface area contributed by atoms with Crippen molar-refractivity contribution in [3.8, 4) is 0 Å². The molecule has 0 fully saturated rings. The van der Waals surface area contributed by atoms with Gasteiger partial charge in [0.2, 0.25) is 0 Å². The first-order valence-electron chi connectivity index (χ1n) is 5.91. The molecule has 0 bridgehead atoms. The van der Waals surface area contributed by atoms with Crippen LogP contribution < -0.4 is 0 Å². The Bertz CT molecular complexity index is 259. The van der Waals surface area contributed by atoms with Crippen LogP contribution in [0.3, 0.4) is 0 Å². The Morgan fingerprint density at radius 3 is 2.50 bits per heavy atom. The summed E-state index contributed by atoms with van der Waals surface area (Å²) in [6.45, 7) is 2.24. The maximum atomic E-state index is 3.32. The van der Waals surface area contributed by atoms with Gasteiger partial charge in [-0.3, -0.25) is 12.2 Å². The van der Waals surface area contributed by atoms with E-state index in [1.54, 1.807) is 0 Å². The van der Waals surface area contributed by atoms with Crippen LogP contribution in [0.5, 0.6) is 0 Å². The number of unbranched alkanes of at least 4 members (excludes halogenated alkanes) is 2. The van der Waals surface area contributed by atoms with Crippen LogP contribution in [0.2, 0.25) is 0 Å². The van der Waals surface area contributed by atoms with Crippen molar-refractivity contribution >= 4 is 0 Å². The fourth-order valence-corrected chi connectivity index (χ4v) is 1.53. The van der Waals surface area contributed by atoms with Crippen molar-refractivity contribution in [2.75, 3.05) is 0 Å². The predicted molar refractivity (Wildman–Crippen MR) is 66.2 cm³/mol. The molecule has 2 aliphatic carbocycles. The molecule has 0 saturated carbocycles. The van der Waals surface area contributed by atoms with Gasteiger partial charge in [0.25, 0.3) is 0 Å². The fraction of sp³-hybridized carbons (Fsp3) is 0.467. The zero-order valence-electron chi connectivity index (χ0n) is 10.1. The summed E-state index contributed by atoms with van der Waals surface area (Å²) in [6.07, 6.45) is 24.0. The van der Waals surface area contributed by atoms with Crippen LogP contribution in [0.25, 0.3) is 0 Å². The van der Waals surface area contributed by atoms with Gasteiger partial charge in [0, 0.05) is 0 Å². The second-order valence-electron chi connectivity index (χ2n) is 3.77. The maximum Gasteiger partial charge on any atom is 2.00 e. The molecule has 0 spiro atoms. The SMILES string of the molecule is CCCCCC1=[C-]CC=C1.[C-]1=CC=CC1.[Zr+2]. The van der Waals surface area contributed by atoms with Gasteiger partial charge in [0.15, 0.2) is 0 Å². The zero-order chi connectivity index (χ0) is 10.8. The molecule has 0 aromatic carbocycles. The Hall–Kier alpha value is -0.157. The number of rotatable bonds is 4. The molecule has 84 valence electrons. The van der Waals surface area contributed by atoms with E-state index in [1.165, 1.54) is 31.3 Å². The van der Waals surface area contributed by atoms with Gasteiger partial charge in [0.1, 0.15) is 0 Å². The third-order valence-corrected chi connectivity index (χ3v) is 2.40. The van der Waals surface area contributed by atoms with Crippen LogP contribution in [0.4, 0.5) is 0 Å². The average molecular weight is 292 g/mol. The molecule has 0 aromatic heterocycles. The van der Waals surface area contributed by atoms with Gasteiger partial charge in [-0.05, 0) is 0 Å². The molecule has 2 aliphatic rings. The topological polar surface area (TPSA) is 0 Å². The molecule has 0 heterocycles. The molecular weight excluding hydrogens is 271 g/mol. The zero-order valence-corrected chi connectivity index (χ0v) is 12.6. The van der Waals surface area contributed by atoms with Crippen molar-refractivity contribution in [1.29, 1.82) is 0 Å². The molecule has 0 atom stereocenters. The van der Waals surface area contributed by atoms with Crippen LogP contribution in [-0.2, 0) is 26.2 Å². The summed E-state index contributed by atoms with van der Waals surface area (Å²) >= 11 is 0. The van der Waals surface area contributed by atoms with E-state index in [4.69, 9.17) is 0 Å². The quantitative estimate of drug-likeness (QED) is 0.526. The second-order valence-corrected chi connectivity index (χ2v) is 3.77. The largest absolute Gasteiger partial charge is 2.00 e. The Kier molecular flexibility index (Phi) is 11.2. The third kappa shape index (κ3) is 8.05. The first kappa shape index (κ1) is 15.8. The van der Waals surface area contributed by atoms with Gasteiger partial charge in [-0.2, -0.15) is 12.2 Å². The van der Waals surface area contributed by atoms with Gasteiger partial charge in [-0.25, -0.2) is 23.8 Å². The van der Waals surface area contributed by atoms with Gasteiger partial charge in [0.05, 0.1) is 0 Å². The van der Waals surface area contributed by atoms with E-state index >= 15 is 0 Å². The molecule has 0 amide bonds. The van der Waals surface area contributed by atoms with Crippen molar-refractivity contribution in [3.63, 3.8) is 0 Å². The second kappa shape index (κ2) is 11.3. The van der Waals surface area contributed by atoms with Crippen LogP contribution in [0, 0.1) is 12.2 Å². The first-order chi connectivity index (χ1) is 7.43. The third-order valence-electron chi connectivity index (χ3n) is 2.40. The molecule has 0 radical (unpaired) electrons. The van der Waals surface area contributed by atoms with Crippen molar-refractivity contribution in [1.82, 2.24) is 0 Å². The maximum absolute atomic E-state index is 3.32. The minimum atomic E-state index is 0. The number of hydrogen-bond donors (Lipinski definition) is 0. The van der Waals surface area contributed by atoms with Crippen molar-refractivity contribution in [2.45, 2.75) is 45.4 Å². The summed E-state index contributed by atoms with van der Waals surface area (Å²) in [5, 5.41) is 0. The average Bonchev–Trinajstić information content (AvgIpc) is 2.94. The molecule has 0 aromatic rings. The van der Waals surface area contributed by atoms with Crippen LogP contribution >= 0.6 is 0 Å². The summed E-state index contributed by atoms with van der Waals surface area (Å²) in [5.74, 6) is 0. The number of allylic oxidation sites excluding steroid dienone is 8. The minimum absolute atomic E-state index is 0. The Labute approximate surface area is 119 Å². The van der Waals surface area contributed by atoms with E-state index in [1.807, 2.05) is 12.2 Å². The molecular formula is C15H20Zr. The van der Waals surface area contributed by atoms with E-state index in [0.717, 1.165) is 12.8 Å². The molecule has 1 heteroatoms. The van der Waals surface area contributed by atoms with E-state index < -0.39 is 0 Å². The summed E-state index contributed by atoms with van der Waals surface area (Å²) in [5.41, 5.74) is 1.42. The first-order valence-corrected chi connectivity index (χ1v) is 5.91. The molecule has 16 heavy (non-hydrogen) atoms. The molecule has 0 saturated heterocycles. The molecule has 0 aliphatic heterocycles. The summed E-state index contributed by atoms with van der Waals surface area (Å²) < 4.78 is 0. The monoisotopic (exact) mass is 290 g/mol. The Morgan fingerprint density at radius 2 is 2.06 bits per heavy atom. The smallest absolute Gasteiger partial charge is 0.273 e. The van der Waals surface area contributed by atoms with Crippen LogP contribution in [0.1, 0.15) is 45.4 Å².